The largest absolute Gasteiger partial charge is 0.457 e. The van der Waals surface area contributed by atoms with Crippen molar-refractivity contribution in [3.63, 3.8) is 0 Å². The third-order valence-electron chi connectivity index (χ3n) is 11.9. The molecule has 21 nitrogen and oxygen atoms in total. The van der Waals surface area contributed by atoms with Gasteiger partial charge in [-0.25, -0.2) is 0 Å². The summed E-state index contributed by atoms with van der Waals surface area (Å²) in [6, 6.07) is 0. The average molecular weight is 939 g/mol. The maximum absolute atomic E-state index is 12.7. The van der Waals surface area contributed by atoms with E-state index >= 15 is 0 Å². The number of carbonyl (C=O) groups excluding carboxylic acids is 4. The smallest absolute Gasteiger partial charge is 0.303 e. The van der Waals surface area contributed by atoms with Gasteiger partial charge in [0.1, 0.15) is 48.8 Å². The van der Waals surface area contributed by atoms with Gasteiger partial charge in [-0.05, 0) is 34.1 Å². The van der Waals surface area contributed by atoms with Crippen LogP contribution in [0, 0.1) is 0 Å². The molecule has 20 atom stereocenters. The lowest BCUT2D eigenvalue weighted by atomic mass is 9.95. The molecule has 4 heterocycles. The van der Waals surface area contributed by atoms with Gasteiger partial charge < -0.3 is 82.4 Å². The molecule has 0 aromatic heterocycles. The first kappa shape index (κ1) is 55.0. The van der Waals surface area contributed by atoms with Crippen molar-refractivity contribution >= 4 is 23.9 Å². The summed E-state index contributed by atoms with van der Waals surface area (Å²) in [5.74, 6) is -3.21. The van der Waals surface area contributed by atoms with Gasteiger partial charge in [0.2, 0.25) is 0 Å². The number of esters is 4. The van der Waals surface area contributed by atoms with E-state index in [2.05, 4.69) is 6.92 Å². The lowest BCUT2D eigenvalue weighted by Crippen LogP contribution is -2.67. The van der Waals surface area contributed by atoms with Crippen LogP contribution in [0.15, 0.2) is 0 Å². The van der Waals surface area contributed by atoms with Crippen LogP contribution in [0.5, 0.6) is 0 Å². The summed E-state index contributed by atoms with van der Waals surface area (Å²) < 4.78 is 70.2. The number of hydrogen-bond donors (Lipinski definition) is 5. The Labute approximate surface area is 380 Å². The van der Waals surface area contributed by atoms with Gasteiger partial charge in [0.05, 0.1) is 24.4 Å². The molecule has 4 fully saturated rings. The van der Waals surface area contributed by atoms with E-state index in [9.17, 15) is 44.7 Å². The number of ether oxygens (including phenoxy) is 12. The molecule has 0 saturated carbocycles. The highest BCUT2D eigenvalue weighted by atomic mass is 16.8. The molecule has 21 heteroatoms. The van der Waals surface area contributed by atoms with Gasteiger partial charge in [-0.2, -0.15) is 0 Å². The third kappa shape index (κ3) is 15.4. The summed E-state index contributed by atoms with van der Waals surface area (Å²) in [6.07, 6.45) is -17.5. The van der Waals surface area contributed by atoms with Crippen LogP contribution in [0.1, 0.15) is 127 Å². The predicted molar refractivity (Wildman–Crippen MR) is 222 cm³/mol. The molecule has 0 amide bonds. The van der Waals surface area contributed by atoms with Gasteiger partial charge in [-0.3, -0.25) is 19.2 Å². The highest BCUT2D eigenvalue weighted by Crippen LogP contribution is 2.37. The quantitative estimate of drug-likeness (QED) is 0.0585. The van der Waals surface area contributed by atoms with Crippen molar-refractivity contribution in [1.29, 1.82) is 0 Å². The van der Waals surface area contributed by atoms with E-state index in [-0.39, 0.29) is 0 Å². The van der Waals surface area contributed by atoms with E-state index in [0.29, 0.717) is 6.61 Å². The fourth-order valence-electron chi connectivity index (χ4n) is 8.58. The minimum atomic E-state index is -1.85. The van der Waals surface area contributed by atoms with E-state index in [0.717, 1.165) is 53.4 Å². The summed E-state index contributed by atoms with van der Waals surface area (Å²) in [6.45, 7) is 12.9. The first-order valence-corrected chi connectivity index (χ1v) is 23.0. The van der Waals surface area contributed by atoms with Crippen molar-refractivity contribution in [3.8, 4) is 0 Å². The van der Waals surface area contributed by atoms with E-state index in [1.165, 1.54) is 59.3 Å². The van der Waals surface area contributed by atoms with Gasteiger partial charge in [0.25, 0.3) is 0 Å². The first-order chi connectivity index (χ1) is 30.7. The SMILES string of the molecule is CCCCCCCCCCCCO[C@@H]1O[C@@H](C)[C@H](O[C@@H]2O[C@@H](C)[C@H](OC(C)=O)[C@@H](O[C@@H]3O[C@@H](C)[C@H](OC(C)=O)[C@@H](O[C@@H]4O[C@@H](C)[C@H](OC(C)=O)[C@@H](O)[C@H]4O)[C@H]3OC(C)=O)[C@H]2O)[C@@H](O)[C@H]1O. The predicted octanol–water partition coefficient (Wildman–Crippen LogP) is 1.59. The minimum Gasteiger partial charge on any atom is -0.457 e. The number of unbranched alkanes of at least 4 members (excludes halogenated alkanes) is 9. The van der Waals surface area contributed by atoms with Crippen LogP contribution < -0.4 is 0 Å². The molecule has 0 bridgehead atoms. The number of hydrogen-bond acceptors (Lipinski definition) is 21. The number of aliphatic hydroxyl groups is 5. The van der Waals surface area contributed by atoms with Crippen LogP contribution in [0.3, 0.4) is 0 Å². The molecule has 0 aliphatic carbocycles. The summed E-state index contributed by atoms with van der Waals surface area (Å²) >= 11 is 0. The minimum absolute atomic E-state index is 0.303. The summed E-state index contributed by atoms with van der Waals surface area (Å²) in [5, 5.41) is 56.2. The lowest BCUT2D eigenvalue weighted by molar-refractivity contribution is -0.385. The summed E-state index contributed by atoms with van der Waals surface area (Å²) in [5.41, 5.74) is 0. The third-order valence-corrected chi connectivity index (χ3v) is 11.9. The molecule has 4 aliphatic rings. The van der Waals surface area contributed by atoms with E-state index in [1.54, 1.807) is 6.92 Å². The molecule has 376 valence electrons. The molecule has 0 spiro atoms. The topological polar surface area (TPSA) is 280 Å². The Bertz CT molecular complexity index is 1490. The Morgan fingerprint density at radius 3 is 1.28 bits per heavy atom. The van der Waals surface area contributed by atoms with Crippen LogP contribution in [0.25, 0.3) is 0 Å². The number of carbonyl (C=O) groups is 4. The Kier molecular flexibility index (Phi) is 22.2. The maximum atomic E-state index is 12.7. The molecule has 4 rings (SSSR count). The molecule has 0 radical (unpaired) electrons. The second kappa shape index (κ2) is 26.2. The Morgan fingerprint density at radius 2 is 0.738 bits per heavy atom. The van der Waals surface area contributed by atoms with E-state index in [4.69, 9.17) is 56.8 Å². The Morgan fingerprint density at radius 1 is 0.385 bits per heavy atom. The van der Waals surface area contributed by atoms with E-state index < -0.39 is 147 Å². The van der Waals surface area contributed by atoms with Crippen molar-refractivity contribution in [2.75, 3.05) is 6.61 Å². The highest BCUT2D eigenvalue weighted by molar-refractivity contribution is 5.67. The summed E-state index contributed by atoms with van der Waals surface area (Å²) in [7, 11) is 0. The summed E-state index contributed by atoms with van der Waals surface area (Å²) in [4.78, 5) is 49.2. The normalized spacial score (nSPS) is 39.8. The Hall–Kier alpha value is -2.64. The van der Waals surface area contributed by atoms with Crippen molar-refractivity contribution in [3.05, 3.63) is 0 Å². The average Bonchev–Trinajstić information content (AvgIpc) is 3.22. The second-order valence-corrected chi connectivity index (χ2v) is 17.4. The van der Waals surface area contributed by atoms with Gasteiger partial charge in [0, 0.05) is 34.3 Å². The van der Waals surface area contributed by atoms with Crippen LogP contribution >= 0.6 is 0 Å². The van der Waals surface area contributed by atoms with Crippen LogP contribution in [-0.4, -0.2) is 179 Å². The van der Waals surface area contributed by atoms with Crippen LogP contribution in [0.2, 0.25) is 0 Å². The molecule has 4 aliphatic heterocycles. The van der Waals surface area contributed by atoms with Crippen molar-refractivity contribution in [1.82, 2.24) is 0 Å². The van der Waals surface area contributed by atoms with Crippen molar-refractivity contribution < 1.29 is 102 Å². The van der Waals surface area contributed by atoms with Gasteiger partial charge in [-0.15, -0.1) is 0 Å². The molecule has 0 aromatic carbocycles. The molecule has 4 saturated heterocycles. The highest BCUT2D eigenvalue weighted by Gasteiger charge is 2.57. The second-order valence-electron chi connectivity index (χ2n) is 17.4. The fraction of sp³-hybridized carbons (Fsp3) is 0.909. The maximum Gasteiger partial charge on any atom is 0.303 e. The van der Waals surface area contributed by atoms with Crippen LogP contribution in [-0.2, 0) is 76.0 Å². The molecule has 0 aromatic rings. The zero-order chi connectivity index (χ0) is 48.1. The molecular weight excluding hydrogens is 864 g/mol. The number of aliphatic hydroxyl groups excluding tert-OH is 5. The standard InChI is InChI=1S/C44H74O21/c1-10-11-12-13-14-15-16-17-18-19-20-54-41-31(51)29(49)35(22(3)55-41)63-43-33(53)38(36(23(4)57-43)60-26(7)46)64-44-40(62-28(9)48)39(37(24(5)58-44)61-27(8)47)65-42-32(52)30(50)34(21(2)56-42)59-25(6)45/h21-24,29-44,49-53H,10-20H2,1-9H3/t21-,22-,23-,24-,29-,30-,31+,32+,33+,34-,35-,36-,37-,38-,39+,40+,41+,42-,43-,44-/m0/s1. The first-order valence-electron chi connectivity index (χ1n) is 23.0. The van der Waals surface area contributed by atoms with Gasteiger partial charge in [-0.1, -0.05) is 64.7 Å². The zero-order valence-electron chi connectivity index (χ0n) is 39.1. The van der Waals surface area contributed by atoms with Gasteiger partial charge in [0.15, 0.2) is 49.6 Å². The molecule has 65 heavy (non-hydrogen) atoms. The zero-order valence-corrected chi connectivity index (χ0v) is 39.1. The molecule has 5 N–H and O–H groups in total. The lowest BCUT2D eigenvalue weighted by Gasteiger charge is -2.50. The van der Waals surface area contributed by atoms with Crippen molar-refractivity contribution in [2.24, 2.45) is 0 Å². The van der Waals surface area contributed by atoms with Gasteiger partial charge >= 0.3 is 23.9 Å². The fourth-order valence-corrected chi connectivity index (χ4v) is 8.58. The van der Waals surface area contributed by atoms with Crippen LogP contribution in [0.4, 0.5) is 0 Å². The van der Waals surface area contributed by atoms with Crippen molar-refractivity contribution in [2.45, 2.75) is 249 Å². The monoisotopic (exact) mass is 938 g/mol. The molecule has 0 unspecified atom stereocenters. The number of rotatable bonds is 22. The van der Waals surface area contributed by atoms with E-state index in [1.807, 2.05) is 0 Å². The Balaban J connectivity index is 1.49. The molecular formula is C44H74O21.